The Hall–Kier alpha value is -1.35. The summed E-state index contributed by atoms with van der Waals surface area (Å²) in [5, 5.41) is 3.32. The van der Waals surface area contributed by atoms with Crippen LogP contribution in [0.25, 0.3) is 0 Å². The minimum absolute atomic E-state index is 0.216. The molecule has 3 rings (SSSR count). The second kappa shape index (κ2) is 5.96. The van der Waals surface area contributed by atoms with E-state index in [0.717, 1.165) is 44.6 Å². The molecule has 1 aromatic rings. The molecule has 2 saturated heterocycles. The summed E-state index contributed by atoms with van der Waals surface area (Å²) in [5.41, 5.74) is 3.45. The third-order valence-corrected chi connectivity index (χ3v) is 4.64. The van der Waals surface area contributed by atoms with Crippen molar-refractivity contribution in [2.45, 2.75) is 32.6 Å². The summed E-state index contributed by atoms with van der Waals surface area (Å²) in [7, 11) is 0. The zero-order valence-electron chi connectivity index (χ0n) is 12.3. The molecule has 0 radical (unpaired) electrons. The lowest BCUT2D eigenvalue weighted by molar-refractivity contribution is 0.0895. The monoisotopic (exact) mass is 272 g/mol. The van der Waals surface area contributed by atoms with Crippen molar-refractivity contribution in [3.8, 4) is 0 Å². The summed E-state index contributed by atoms with van der Waals surface area (Å²) >= 11 is 0. The van der Waals surface area contributed by atoms with Crippen molar-refractivity contribution in [3.05, 3.63) is 29.3 Å². The SMILES string of the molecule is Cc1cc(C(=O)C2CCNCC2)ccc1N1CCCC1. The van der Waals surface area contributed by atoms with Crippen LogP contribution in [-0.4, -0.2) is 32.0 Å². The van der Waals surface area contributed by atoms with E-state index in [1.807, 2.05) is 6.07 Å². The number of piperidine rings is 1. The van der Waals surface area contributed by atoms with E-state index in [1.54, 1.807) is 0 Å². The molecule has 0 amide bonds. The van der Waals surface area contributed by atoms with Gasteiger partial charge in [-0.05, 0) is 69.5 Å². The van der Waals surface area contributed by atoms with Crippen molar-refractivity contribution < 1.29 is 4.79 Å². The molecule has 0 atom stereocenters. The first kappa shape index (κ1) is 13.6. The second-order valence-electron chi connectivity index (χ2n) is 6.08. The summed E-state index contributed by atoms with van der Waals surface area (Å²) in [6.45, 7) is 6.39. The summed E-state index contributed by atoms with van der Waals surface area (Å²) < 4.78 is 0. The third kappa shape index (κ3) is 2.73. The van der Waals surface area contributed by atoms with Gasteiger partial charge in [0.2, 0.25) is 0 Å². The van der Waals surface area contributed by atoms with Crippen molar-refractivity contribution in [3.63, 3.8) is 0 Å². The first-order chi connectivity index (χ1) is 9.75. The maximum absolute atomic E-state index is 12.5. The number of ketones is 1. The fourth-order valence-corrected chi connectivity index (χ4v) is 3.44. The van der Waals surface area contributed by atoms with E-state index in [-0.39, 0.29) is 5.92 Å². The smallest absolute Gasteiger partial charge is 0.166 e. The first-order valence-corrected chi connectivity index (χ1v) is 7.86. The predicted molar refractivity (Wildman–Crippen MR) is 82.6 cm³/mol. The molecule has 1 N–H and O–H groups in total. The lowest BCUT2D eigenvalue weighted by Gasteiger charge is -2.23. The van der Waals surface area contributed by atoms with Gasteiger partial charge in [0.05, 0.1) is 0 Å². The lowest BCUT2D eigenvalue weighted by Crippen LogP contribution is -2.32. The highest BCUT2D eigenvalue weighted by Gasteiger charge is 2.23. The standard InChI is InChI=1S/C17H24N2O/c1-13-12-15(17(20)14-6-8-18-9-7-14)4-5-16(13)19-10-2-3-11-19/h4-5,12,14,18H,2-3,6-11H2,1H3. The Morgan fingerprint density at radius 2 is 1.90 bits per heavy atom. The Kier molecular flexibility index (Phi) is 4.06. The van der Waals surface area contributed by atoms with Crippen LogP contribution in [0.5, 0.6) is 0 Å². The van der Waals surface area contributed by atoms with Crippen LogP contribution in [0, 0.1) is 12.8 Å². The van der Waals surface area contributed by atoms with E-state index >= 15 is 0 Å². The van der Waals surface area contributed by atoms with Crippen molar-refractivity contribution >= 4 is 11.5 Å². The zero-order valence-corrected chi connectivity index (χ0v) is 12.3. The number of benzene rings is 1. The van der Waals surface area contributed by atoms with Crippen LogP contribution in [0.4, 0.5) is 5.69 Å². The highest BCUT2D eigenvalue weighted by molar-refractivity contribution is 5.98. The van der Waals surface area contributed by atoms with Crippen molar-refractivity contribution in [2.24, 2.45) is 5.92 Å². The minimum atomic E-state index is 0.216. The molecule has 1 aromatic carbocycles. The average molecular weight is 272 g/mol. The molecule has 2 heterocycles. The van der Waals surface area contributed by atoms with Crippen molar-refractivity contribution in [1.82, 2.24) is 5.32 Å². The number of hydrogen-bond acceptors (Lipinski definition) is 3. The third-order valence-electron chi connectivity index (χ3n) is 4.64. The Bertz CT molecular complexity index is 486. The molecule has 0 aliphatic carbocycles. The van der Waals surface area contributed by atoms with Gasteiger partial charge in [-0.1, -0.05) is 0 Å². The zero-order chi connectivity index (χ0) is 13.9. The number of aryl methyl sites for hydroxylation is 1. The number of carbonyl (C=O) groups is 1. The largest absolute Gasteiger partial charge is 0.371 e. The van der Waals surface area contributed by atoms with Gasteiger partial charge < -0.3 is 10.2 Å². The molecule has 20 heavy (non-hydrogen) atoms. The highest BCUT2D eigenvalue weighted by Crippen LogP contribution is 2.27. The molecular formula is C17H24N2O. The van der Waals surface area contributed by atoms with Gasteiger partial charge in [-0.25, -0.2) is 0 Å². The van der Waals surface area contributed by atoms with Gasteiger partial charge in [0.15, 0.2) is 5.78 Å². The second-order valence-corrected chi connectivity index (χ2v) is 6.08. The van der Waals surface area contributed by atoms with E-state index in [4.69, 9.17) is 0 Å². The van der Waals surface area contributed by atoms with E-state index in [1.165, 1.54) is 24.1 Å². The molecule has 2 fully saturated rings. The number of nitrogens with one attached hydrogen (secondary N) is 1. The van der Waals surface area contributed by atoms with Gasteiger partial charge in [0.25, 0.3) is 0 Å². The maximum atomic E-state index is 12.5. The molecule has 0 saturated carbocycles. The lowest BCUT2D eigenvalue weighted by atomic mass is 9.89. The van der Waals surface area contributed by atoms with Crippen LogP contribution in [-0.2, 0) is 0 Å². The Morgan fingerprint density at radius 3 is 2.55 bits per heavy atom. The first-order valence-electron chi connectivity index (χ1n) is 7.86. The number of carbonyl (C=O) groups excluding carboxylic acids is 1. The maximum Gasteiger partial charge on any atom is 0.166 e. The number of rotatable bonds is 3. The quantitative estimate of drug-likeness (QED) is 0.859. The molecule has 2 aliphatic heterocycles. The van der Waals surface area contributed by atoms with Gasteiger partial charge >= 0.3 is 0 Å². The van der Waals surface area contributed by atoms with Gasteiger partial charge in [-0.3, -0.25) is 4.79 Å². The molecule has 108 valence electrons. The van der Waals surface area contributed by atoms with Crippen molar-refractivity contribution in [2.75, 3.05) is 31.1 Å². The van der Waals surface area contributed by atoms with E-state index < -0.39 is 0 Å². The van der Waals surface area contributed by atoms with Gasteiger partial charge in [0, 0.05) is 30.3 Å². The Morgan fingerprint density at radius 1 is 1.20 bits per heavy atom. The number of anilines is 1. The summed E-state index contributed by atoms with van der Waals surface area (Å²) in [5.74, 6) is 0.552. The van der Waals surface area contributed by atoms with Crippen LogP contribution in [0.1, 0.15) is 41.6 Å². The molecular weight excluding hydrogens is 248 g/mol. The summed E-state index contributed by atoms with van der Waals surface area (Å²) in [6.07, 6.45) is 4.53. The number of Topliss-reactive ketones (excluding diaryl/α,β-unsaturated/α-hetero) is 1. The van der Waals surface area contributed by atoms with E-state index in [2.05, 4.69) is 29.3 Å². The van der Waals surface area contributed by atoms with E-state index in [0.29, 0.717) is 5.78 Å². The van der Waals surface area contributed by atoms with Crippen LogP contribution < -0.4 is 10.2 Å². The minimum Gasteiger partial charge on any atom is -0.371 e. The van der Waals surface area contributed by atoms with Gasteiger partial charge in [0.1, 0.15) is 0 Å². The van der Waals surface area contributed by atoms with Crippen molar-refractivity contribution in [1.29, 1.82) is 0 Å². The Labute approximate surface area is 121 Å². The topological polar surface area (TPSA) is 32.3 Å². The molecule has 2 aliphatic rings. The van der Waals surface area contributed by atoms with Gasteiger partial charge in [-0.15, -0.1) is 0 Å². The highest BCUT2D eigenvalue weighted by atomic mass is 16.1. The van der Waals surface area contributed by atoms with Crippen LogP contribution in [0.3, 0.4) is 0 Å². The Balaban J connectivity index is 1.77. The van der Waals surface area contributed by atoms with Crippen LogP contribution >= 0.6 is 0 Å². The molecule has 3 heteroatoms. The van der Waals surface area contributed by atoms with Crippen LogP contribution in [0.15, 0.2) is 18.2 Å². The predicted octanol–water partition coefficient (Wildman–Crippen LogP) is 2.78. The fraction of sp³-hybridized carbons (Fsp3) is 0.588. The van der Waals surface area contributed by atoms with Gasteiger partial charge in [-0.2, -0.15) is 0 Å². The summed E-state index contributed by atoms with van der Waals surface area (Å²) in [6, 6.07) is 6.28. The molecule has 3 nitrogen and oxygen atoms in total. The normalized spacial score (nSPS) is 20.4. The summed E-state index contributed by atoms with van der Waals surface area (Å²) in [4.78, 5) is 15.0. The average Bonchev–Trinajstić information content (AvgIpc) is 3.01. The molecule has 0 bridgehead atoms. The molecule has 0 spiro atoms. The fourth-order valence-electron chi connectivity index (χ4n) is 3.44. The van der Waals surface area contributed by atoms with Crippen LogP contribution in [0.2, 0.25) is 0 Å². The molecule has 0 unspecified atom stereocenters. The van der Waals surface area contributed by atoms with E-state index in [9.17, 15) is 4.79 Å². The number of nitrogens with zero attached hydrogens (tertiary/aromatic N) is 1. The number of hydrogen-bond donors (Lipinski definition) is 1. The molecule has 0 aromatic heterocycles.